The van der Waals surface area contributed by atoms with Gasteiger partial charge in [-0.3, -0.25) is 9.48 Å². The number of rotatable bonds is 7. The molecule has 112 valence electrons. The zero-order chi connectivity index (χ0) is 15.1. The molecule has 0 saturated carbocycles. The van der Waals surface area contributed by atoms with Crippen LogP contribution < -0.4 is 0 Å². The standard InChI is InChI=1S/C15H19FN4O/c1-19(10-8-13-4-6-14(16)7-5-13)15(21)3-2-9-20-12-17-11-18-20/h4-7,11-12H,2-3,8-10H2,1H3. The molecular formula is C15H19FN4O. The molecule has 1 aromatic heterocycles. The summed E-state index contributed by atoms with van der Waals surface area (Å²) in [6, 6.07) is 6.38. The van der Waals surface area contributed by atoms with E-state index in [0.717, 1.165) is 18.4 Å². The quantitative estimate of drug-likeness (QED) is 0.782. The zero-order valence-electron chi connectivity index (χ0n) is 12.1. The number of aryl methyl sites for hydroxylation is 1. The van der Waals surface area contributed by atoms with E-state index >= 15 is 0 Å². The number of carbonyl (C=O) groups excluding carboxylic acids is 1. The number of halogens is 1. The van der Waals surface area contributed by atoms with Crippen molar-refractivity contribution in [2.45, 2.75) is 25.8 Å². The molecule has 0 radical (unpaired) electrons. The number of nitrogens with zero attached hydrogens (tertiary/aromatic N) is 4. The van der Waals surface area contributed by atoms with Gasteiger partial charge < -0.3 is 4.90 Å². The summed E-state index contributed by atoms with van der Waals surface area (Å²) in [5.41, 5.74) is 1.03. The predicted molar refractivity (Wildman–Crippen MR) is 77.0 cm³/mol. The van der Waals surface area contributed by atoms with E-state index in [1.807, 2.05) is 0 Å². The fourth-order valence-electron chi connectivity index (χ4n) is 2.00. The number of likely N-dealkylation sites (N-methyl/N-ethyl adjacent to an activating group) is 1. The summed E-state index contributed by atoms with van der Waals surface area (Å²) in [5, 5.41) is 3.99. The number of amides is 1. The fraction of sp³-hybridized carbons (Fsp3) is 0.400. The SMILES string of the molecule is CN(CCc1ccc(F)cc1)C(=O)CCCn1cncn1. The summed E-state index contributed by atoms with van der Waals surface area (Å²) in [4.78, 5) is 17.5. The summed E-state index contributed by atoms with van der Waals surface area (Å²) >= 11 is 0. The summed E-state index contributed by atoms with van der Waals surface area (Å²) in [6.45, 7) is 1.32. The van der Waals surface area contributed by atoms with E-state index in [1.54, 1.807) is 35.1 Å². The van der Waals surface area contributed by atoms with E-state index in [-0.39, 0.29) is 11.7 Å². The molecule has 6 heteroatoms. The van der Waals surface area contributed by atoms with Crippen LogP contribution in [0.2, 0.25) is 0 Å². The van der Waals surface area contributed by atoms with Crippen molar-refractivity contribution in [3.05, 3.63) is 48.3 Å². The van der Waals surface area contributed by atoms with Gasteiger partial charge in [-0.1, -0.05) is 12.1 Å². The predicted octanol–water partition coefficient (Wildman–Crippen LogP) is 1.90. The van der Waals surface area contributed by atoms with Crippen LogP contribution in [-0.2, 0) is 17.8 Å². The molecule has 0 aliphatic rings. The number of benzene rings is 1. The lowest BCUT2D eigenvalue weighted by Gasteiger charge is -2.17. The molecule has 21 heavy (non-hydrogen) atoms. The number of hydrogen-bond donors (Lipinski definition) is 0. The Kier molecular flexibility index (Phi) is 5.43. The van der Waals surface area contributed by atoms with Crippen LogP contribution in [0.4, 0.5) is 4.39 Å². The average Bonchev–Trinajstić information content (AvgIpc) is 2.99. The lowest BCUT2D eigenvalue weighted by atomic mass is 10.1. The topological polar surface area (TPSA) is 51.0 Å². The first-order valence-corrected chi connectivity index (χ1v) is 6.96. The van der Waals surface area contributed by atoms with Gasteiger partial charge in [0.25, 0.3) is 0 Å². The molecule has 1 heterocycles. The van der Waals surface area contributed by atoms with Gasteiger partial charge in [-0.2, -0.15) is 5.10 Å². The molecule has 1 amide bonds. The summed E-state index contributed by atoms with van der Waals surface area (Å²) in [6.07, 6.45) is 5.08. The van der Waals surface area contributed by atoms with Gasteiger partial charge in [0.15, 0.2) is 0 Å². The molecule has 2 rings (SSSR count). The Balaban J connectivity index is 1.68. The minimum absolute atomic E-state index is 0.109. The molecule has 0 fully saturated rings. The highest BCUT2D eigenvalue weighted by Gasteiger charge is 2.08. The lowest BCUT2D eigenvalue weighted by Crippen LogP contribution is -2.28. The van der Waals surface area contributed by atoms with Gasteiger partial charge in [0.2, 0.25) is 5.91 Å². The van der Waals surface area contributed by atoms with Crippen molar-refractivity contribution in [1.29, 1.82) is 0 Å². The third-order valence-corrected chi connectivity index (χ3v) is 3.32. The molecule has 0 unspecified atom stereocenters. The van der Waals surface area contributed by atoms with Crippen LogP contribution in [0.15, 0.2) is 36.9 Å². The average molecular weight is 290 g/mol. The van der Waals surface area contributed by atoms with Gasteiger partial charge in [0, 0.05) is 26.6 Å². The third-order valence-electron chi connectivity index (χ3n) is 3.32. The zero-order valence-corrected chi connectivity index (χ0v) is 12.1. The first kappa shape index (κ1) is 15.2. The highest BCUT2D eigenvalue weighted by Crippen LogP contribution is 2.05. The molecular weight excluding hydrogens is 271 g/mol. The largest absolute Gasteiger partial charge is 0.345 e. The summed E-state index contributed by atoms with van der Waals surface area (Å²) in [5.74, 6) is -0.131. The minimum Gasteiger partial charge on any atom is -0.345 e. The first-order chi connectivity index (χ1) is 10.1. The maximum absolute atomic E-state index is 12.8. The van der Waals surface area contributed by atoms with E-state index in [2.05, 4.69) is 10.1 Å². The van der Waals surface area contributed by atoms with Crippen molar-refractivity contribution in [1.82, 2.24) is 19.7 Å². The molecule has 5 nitrogen and oxygen atoms in total. The second-order valence-corrected chi connectivity index (χ2v) is 4.95. The number of hydrogen-bond acceptors (Lipinski definition) is 3. The van der Waals surface area contributed by atoms with Crippen LogP contribution in [-0.4, -0.2) is 39.2 Å². The van der Waals surface area contributed by atoms with E-state index in [4.69, 9.17) is 0 Å². The van der Waals surface area contributed by atoms with Gasteiger partial charge in [-0.25, -0.2) is 9.37 Å². The Morgan fingerprint density at radius 1 is 1.33 bits per heavy atom. The van der Waals surface area contributed by atoms with Gasteiger partial charge >= 0.3 is 0 Å². The smallest absolute Gasteiger partial charge is 0.222 e. The molecule has 0 aliphatic carbocycles. The van der Waals surface area contributed by atoms with Crippen LogP contribution in [0, 0.1) is 5.82 Å². The Labute approximate surface area is 123 Å². The van der Waals surface area contributed by atoms with Crippen molar-refractivity contribution < 1.29 is 9.18 Å². The first-order valence-electron chi connectivity index (χ1n) is 6.96. The maximum Gasteiger partial charge on any atom is 0.222 e. The summed E-state index contributed by atoms with van der Waals surface area (Å²) in [7, 11) is 1.79. The van der Waals surface area contributed by atoms with Crippen molar-refractivity contribution in [3.63, 3.8) is 0 Å². The molecule has 0 saturated heterocycles. The molecule has 1 aromatic carbocycles. The second kappa shape index (κ2) is 7.52. The fourth-order valence-corrected chi connectivity index (χ4v) is 2.00. The van der Waals surface area contributed by atoms with Crippen molar-refractivity contribution in [2.75, 3.05) is 13.6 Å². The van der Waals surface area contributed by atoms with Gasteiger partial charge in [-0.15, -0.1) is 0 Å². The Morgan fingerprint density at radius 2 is 2.10 bits per heavy atom. The molecule has 2 aromatic rings. The van der Waals surface area contributed by atoms with E-state index in [0.29, 0.717) is 19.5 Å². The van der Waals surface area contributed by atoms with Crippen LogP contribution in [0.1, 0.15) is 18.4 Å². The van der Waals surface area contributed by atoms with Crippen LogP contribution in [0.25, 0.3) is 0 Å². The molecule has 0 N–H and O–H groups in total. The summed E-state index contributed by atoms with van der Waals surface area (Å²) < 4.78 is 14.5. The Hall–Kier alpha value is -2.24. The second-order valence-electron chi connectivity index (χ2n) is 4.95. The minimum atomic E-state index is -0.240. The Morgan fingerprint density at radius 3 is 2.76 bits per heavy atom. The van der Waals surface area contributed by atoms with Crippen LogP contribution in [0.3, 0.4) is 0 Å². The van der Waals surface area contributed by atoms with Crippen molar-refractivity contribution in [2.24, 2.45) is 0 Å². The van der Waals surface area contributed by atoms with E-state index < -0.39 is 0 Å². The van der Waals surface area contributed by atoms with E-state index in [1.165, 1.54) is 18.5 Å². The number of carbonyl (C=O) groups is 1. The molecule has 0 bridgehead atoms. The van der Waals surface area contributed by atoms with E-state index in [9.17, 15) is 9.18 Å². The maximum atomic E-state index is 12.8. The molecule has 0 aliphatic heterocycles. The normalized spacial score (nSPS) is 10.6. The molecule has 0 spiro atoms. The number of aromatic nitrogens is 3. The molecule has 0 atom stereocenters. The highest BCUT2D eigenvalue weighted by atomic mass is 19.1. The van der Waals surface area contributed by atoms with Gasteiger partial charge in [0.1, 0.15) is 18.5 Å². The van der Waals surface area contributed by atoms with Crippen molar-refractivity contribution in [3.8, 4) is 0 Å². The Bertz CT molecular complexity index is 554. The van der Waals surface area contributed by atoms with Crippen molar-refractivity contribution >= 4 is 5.91 Å². The lowest BCUT2D eigenvalue weighted by molar-refractivity contribution is -0.130. The van der Waals surface area contributed by atoms with Crippen LogP contribution >= 0.6 is 0 Å². The van der Waals surface area contributed by atoms with Crippen LogP contribution in [0.5, 0.6) is 0 Å². The third kappa shape index (κ3) is 4.98. The highest BCUT2D eigenvalue weighted by molar-refractivity contribution is 5.75. The monoisotopic (exact) mass is 290 g/mol. The van der Waals surface area contributed by atoms with Gasteiger partial charge in [0.05, 0.1) is 0 Å². The van der Waals surface area contributed by atoms with Gasteiger partial charge in [-0.05, 0) is 30.5 Å².